The SMILES string of the molecule is CC(C)(c1cc(-c2cccc(-c3cc(-c4ccc(S(C)(=O)=O)cc4)c[n+]([O-])c3)c2)c2ncccc2c1)S(C)(=O)=O. The van der Waals surface area contributed by atoms with Crippen molar-refractivity contribution in [2.75, 3.05) is 12.5 Å². The Kier molecular flexibility index (Phi) is 6.76. The molecule has 5 aromatic rings. The highest BCUT2D eigenvalue weighted by atomic mass is 32.2. The monoisotopic (exact) mass is 572 g/mol. The van der Waals surface area contributed by atoms with Crippen LogP contribution >= 0.6 is 0 Å². The highest BCUT2D eigenvalue weighted by Gasteiger charge is 2.33. The number of fused-ring (bicyclic) bond motifs is 1. The topological polar surface area (TPSA) is 108 Å². The molecule has 2 heterocycles. The van der Waals surface area contributed by atoms with Gasteiger partial charge in [0.1, 0.15) is 0 Å². The van der Waals surface area contributed by atoms with Crippen LogP contribution in [0.5, 0.6) is 0 Å². The first kappa shape index (κ1) is 27.5. The molecule has 204 valence electrons. The summed E-state index contributed by atoms with van der Waals surface area (Å²) in [6.45, 7) is 3.39. The molecule has 0 aliphatic rings. The molecule has 0 amide bonds. The van der Waals surface area contributed by atoms with Crippen molar-refractivity contribution in [2.45, 2.75) is 23.5 Å². The number of benzene rings is 3. The molecule has 2 aromatic heterocycles. The third-order valence-electron chi connectivity index (χ3n) is 7.29. The Morgan fingerprint density at radius 1 is 0.725 bits per heavy atom. The van der Waals surface area contributed by atoms with Gasteiger partial charge in [0.2, 0.25) is 0 Å². The smallest absolute Gasteiger partial charge is 0.188 e. The highest BCUT2D eigenvalue weighted by molar-refractivity contribution is 7.91. The summed E-state index contributed by atoms with van der Waals surface area (Å²) in [6, 6.07) is 23.4. The zero-order valence-electron chi connectivity index (χ0n) is 22.5. The Balaban J connectivity index is 1.63. The van der Waals surface area contributed by atoms with E-state index in [0.717, 1.165) is 38.6 Å². The van der Waals surface area contributed by atoms with Crippen LogP contribution < -0.4 is 4.73 Å². The van der Waals surface area contributed by atoms with Crippen LogP contribution in [0.4, 0.5) is 0 Å². The van der Waals surface area contributed by atoms with Crippen molar-refractivity contribution < 1.29 is 21.6 Å². The summed E-state index contributed by atoms with van der Waals surface area (Å²) in [6.07, 6.45) is 7.01. The average molecular weight is 573 g/mol. The van der Waals surface area contributed by atoms with Gasteiger partial charge in [-0.3, -0.25) is 4.98 Å². The van der Waals surface area contributed by atoms with E-state index in [4.69, 9.17) is 0 Å². The normalized spacial score (nSPS) is 12.5. The minimum absolute atomic E-state index is 0.206. The van der Waals surface area contributed by atoms with E-state index in [2.05, 4.69) is 4.98 Å². The van der Waals surface area contributed by atoms with Crippen molar-refractivity contribution in [1.29, 1.82) is 0 Å². The molecule has 9 heteroatoms. The molecule has 0 aliphatic carbocycles. The fourth-order valence-corrected chi connectivity index (χ4v) is 5.78. The maximum absolute atomic E-state index is 12.6. The first-order chi connectivity index (χ1) is 18.7. The average Bonchev–Trinajstić information content (AvgIpc) is 2.91. The van der Waals surface area contributed by atoms with Gasteiger partial charge in [-0.2, -0.15) is 4.73 Å². The highest BCUT2D eigenvalue weighted by Crippen LogP contribution is 2.37. The molecule has 0 unspecified atom stereocenters. The van der Waals surface area contributed by atoms with Crippen LogP contribution in [0.1, 0.15) is 19.4 Å². The molecule has 0 aliphatic heterocycles. The van der Waals surface area contributed by atoms with Crippen LogP contribution in [0.3, 0.4) is 0 Å². The lowest BCUT2D eigenvalue weighted by atomic mass is 9.92. The predicted molar refractivity (Wildman–Crippen MR) is 158 cm³/mol. The molecular formula is C31H28N2O5S2. The van der Waals surface area contributed by atoms with Crippen molar-refractivity contribution in [1.82, 2.24) is 4.98 Å². The second kappa shape index (κ2) is 9.83. The minimum Gasteiger partial charge on any atom is -0.619 e. The second-order valence-electron chi connectivity index (χ2n) is 10.4. The number of sulfone groups is 2. The summed E-state index contributed by atoms with van der Waals surface area (Å²) in [5.74, 6) is 0. The van der Waals surface area contributed by atoms with Gasteiger partial charge < -0.3 is 5.21 Å². The van der Waals surface area contributed by atoms with E-state index in [0.29, 0.717) is 22.3 Å². The fraction of sp³-hybridized carbons (Fsp3) is 0.161. The van der Waals surface area contributed by atoms with Gasteiger partial charge in [0.05, 0.1) is 15.2 Å². The molecule has 40 heavy (non-hydrogen) atoms. The van der Waals surface area contributed by atoms with Crippen LogP contribution in [-0.2, 0) is 24.4 Å². The van der Waals surface area contributed by atoms with Crippen LogP contribution in [0.2, 0.25) is 0 Å². The number of nitrogens with zero attached hydrogens (tertiary/aromatic N) is 2. The Labute approximate surface area is 234 Å². The summed E-state index contributed by atoms with van der Waals surface area (Å²) in [5.41, 5.74) is 5.82. The lowest BCUT2D eigenvalue weighted by molar-refractivity contribution is -0.604. The first-order valence-corrected chi connectivity index (χ1v) is 16.3. The summed E-state index contributed by atoms with van der Waals surface area (Å²) in [5, 5.41) is 13.4. The quantitative estimate of drug-likeness (QED) is 0.195. The van der Waals surface area contributed by atoms with Gasteiger partial charge in [0.25, 0.3) is 0 Å². The van der Waals surface area contributed by atoms with Crippen molar-refractivity contribution in [3.8, 4) is 33.4 Å². The van der Waals surface area contributed by atoms with Crippen molar-refractivity contribution >= 4 is 30.6 Å². The zero-order chi connectivity index (χ0) is 28.9. The van der Waals surface area contributed by atoms with Gasteiger partial charge in [-0.15, -0.1) is 0 Å². The van der Waals surface area contributed by atoms with E-state index >= 15 is 0 Å². The van der Waals surface area contributed by atoms with Crippen LogP contribution in [0.25, 0.3) is 44.3 Å². The molecule has 0 spiro atoms. The van der Waals surface area contributed by atoms with E-state index in [1.54, 1.807) is 32.2 Å². The molecule has 0 bridgehead atoms. The summed E-state index contributed by atoms with van der Waals surface area (Å²) in [4.78, 5) is 4.80. The maximum atomic E-state index is 12.6. The summed E-state index contributed by atoms with van der Waals surface area (Å²) in [7, 11) is -6.75. The van der Waals surface area contributed by atoms with E-state index in [-0.39, 0.29) is 4.90 Å². The lowest BCUT2D eigenvalue weighted by Crippen LogP contribution is -2.28. The van der Waals surface area contributed by atoms with Crippen molar-refractivity contribution in [3.63, 3.8) is 0 Å². The standard InChI is InChI=1S/C31H28N2O5S2/c1-31(2,40(4,37)38)27-17-24-9-6-14-32-30(24)29(18-27)23-8-5-7-22(15-23)26-16-25(19-33(34)20-26)21-10-12-28(13-11-21)39(3,35)36/h5-20H,1-4H3. The Hall–Kier alpha value is -4.08. The van der Waals surface area contributed by atoms with Gasteiger partial charge in [-0.1, -0.05) is 36.4 Å². The lowest BCUT2D eigenvalue weighted by Gasteiger charge is -2.24. The number of hydrogen-bond acceptors (Lipinski definition) is 6. The molecule has 5 rings (SSSR count). The van der Waals surface area contributed by atoms with Crippen LogP contribution in [0, 0.1) is 5.21 Å². The molecule has 7 nitrogen and oxygen atoms in total. The summed E-state index contributed by atoms with van der Waals surface area (Å²) >= 11 is 0. The number of hydrogen-bond donors (Lipinski definition) is 0. The molecule has 3 aromatic carbocycles. The molecule has 0 N–H and O–H groups in total. The third-order valence-corrected chi connectivity index (χ3v) is 10.5. The second-order valence-corrected chi connectivity index (χ2v) is 15.0. The number of pyridine rings is 2. The van der Waals surface area contributed by atoms with Gasteiger partial charge in [0.15, 0.2) is 32.1 Å². The van der Waals surface area contributed by atoms with Crippen molar-refractivity contribution in [3.05, 3.63) is 108 Å². The zero-order valence-corrected chi connectivity index (χ0v) is 24.1. The first-order valence-electron chi connectivity index (χ1n) is 12.5. The minimum atomic E-state index is -3.41. The summed E-state index contributed by atoms with van der Waals surface area (Å²) < 4.78 is 48.6. The Bertz CT molecular complexity index is 1980. The molecule has 0 atom stereocenters. The van der Waals surface area contributed by atoms with Gasteiger partial charge in [0, 0.05) is 40.8 Å². The Morgan fingerprint density at radius 3 is 2.00 bits per heavy atom. The molecular weight excluding hydrogens is 544 g/mol. The number of aromatic nitrogens is 2. The molecule has 0 radical (unpaired) electrons. The maximum Gasteiger partial charge on any atom is 0.188 e. The van der Waals surface area contributed by atoms with E-state index < -0.39 is 24.4 Å². The fourth-order valence-electron chi connectivity index (χ4n) is 4.60. The molecule has 0 saturated carbocycles. The third kappa shape index (κ3) is 5.22. The van der Waals surface area contributed by atoms with Gasteiger partial charge in [-0.05, 0) is 78.6 Å². The predicted octanol–water partition coefficient (Wildman–Crippen LogP) is 5.55. The van der Waals surface area contributed by atoms with Crippen LogP contribution in [0.15, 0.2) is 102 Å². The Morgan fingerprint density at radius 2 is 1.35 bits per heavy atom. The largest absolute Gasteiger partial charge is 0.619 e. The van der Waals surface area contributed by atoms with E-state index in [9.17, 15) is 22.0 Å². The van der Waals surface area contributed by atoms with Crippen LogP contribution in [-0.4, -0.2) is 34.3 Å². The number of rotatable bonds is 6. The molecule has 0 fully saturated rings. The van der Waals surface area contributed by atoms with Gasteiger partial charge >= 0.3 is 0 Å². The van der Waals surface area contributed by atoms with E-state index in [1.165, 1.54) is 30.8 Å². The van der Waals surface area contributed by atoms with E-state index in [1.807, 2.05) is 54.6 Å². The molecule has 0 saturated heterocycles. The van der Waals surface area contributed by atoms with Crippen molar-refractivity contribution in [2.24, 2.45) is 0 Å². The van der Waals surface area contributed by atoms with Gasteiger partial charge in [-0.25, -0.2) is 16.8 Å².